The van der Waals surface area contributed by atoms with E-state index < -0.39 is 15.4 Å². The Labute approximate surface area is 208 Å². The third-order valence-corrected chi connectivity index (χ3v) is 6.30. The van der Waals surface area contributed by atoms with Gasteiger partial charge in [-0.2, -0.15) is 0 Å². The quantitative estimate of drug-likeness (QED) is 0.286. The number of aromatic nitrogens is 1. The molecule has 176 valence electrons. The molecule has 6 nitrogen and oxygen atoms in total. The minimum atomic E-state index is -3.72. The molecular weight excluding hydrogens is 495 g/mol. The molecule has 0 saturated heterocycles. The van der Waals surface area contributed by atoms with E-state index in [9.17, 15) is 13.2 Å². The summed E-state index contributed by atoms with van der Waals surface area (Å²) in [5.41, 5.74) is 2.00. The highest BCUT2D eigenvalue weighted by Crippen LogP contribution is 2.41. The van der Waals surface area contributed by atoms with Crippen molar-refractivity contribution in [2.24, 2.45) is 5.41 Å². The molecule has 9 heteroatoms. The third kappa shape index (κ3) is 4.82. The van der Waals surface area contributed by atoms with Crippen LogP contribution in [-0.4, -0.2) is 25.4 Å². The number of halogens is 2. The van der Waals surface area contributed by atoms with E-state index in [-0.39, 0.29) is 22.9 Å². The minimum Gasteiger partial charge on any atom is -0.432 e. The number of benzene rings is 2. The maximum atomic E-state index is 13.2. The molecule has 2 aromatic heterocycles. The number of pyridine rings is 1. The van der Waals surface area contributed by atoms with Crippen LogP contribution in [0.15, 0.2) is 59.0 Å². The van der Waals surface area contributed by atoms with Crippen molar-refractivity contribution >= 4 is 55.8 Å². The molecule has 4 rings (SSSR count). The van der Waals surface area contributed by atoms with Gasteiger partial charge in [-0.25, -0.2) is 13.4 Å². The average molecular weight is 517 g/mol. The third-order valence-electron chi connectivity index (χ3n) is 5.14. The zero-order valence-corrected chi connectivity index (χ0v) is 21.3. The maximum absolute atomic E-state index is 13.2. The van der Waals surface area contributed by atoms with Gasteiger partial charge in [-0.3, -0.25) is 9.52 Å². The van der Waals surface area contributed by atoms with Gasteiger partial charge in [0, 0.05) is 26.6 Å². The number of hydrogen-bond donors (Lipinski definition) is 1. The Morgan fingerprint density at radius 2 is 1.65 bits per heavy atom. The first-order valence-corrected chi connectivity index (χ1v) is 13.0. The number of nitrogens with one attached hydrogen (secondary N) is 1. The van der Waals surface area contributed by atoms with Crippen LogP contribution in [0, 0.1) is 5.41 Å². The summed E-state index contributed by atoms with van der Waals surface area (Å²) in [7, 11) is -3.72. The predicted molar refractivity (Wildman–Crippen MR) is 137 cm³/mol. The van der Waals surface area contributed by atoms with Crippen molar-refractivity contribution in [3.8, 4) is 22.4 Å². The van der Waals surface area contributed by atoms with Gasteiger partial charge in [-0.1, -0.05) is 74.3 Å². The SMILES string of the molecule is CC(C)(C)C(=O)c1oc2nc(-c3ccccc3Cl)c(-c3ccc(Cl)cc3)cc2c1NS(C)(=O)=O. The lowest BCUT2D eigenvalue weighted by Crippen LogP contribution is -2.21. The van der Waals surface area contributed by atoms with Crippen molar-refractivity contribution in [3.05, 3.63) is 70.4 Å². The van der Waals surface area contributed by atoms with Gasteiger partial charge in [0.25, 0.3) is 0 Å². The lowest BCUT2D eigenvalue weighted by molar-refractivity contribution is 0.0832. The topological polar surface area (TPSA) is 89.3 Å². The number of hydrogen-bond acceptors (Lipinski definition) is 5. The summed E-state index contributed by atoms with van der Waals surface area (Å²) < 4.78 is 32.7. The van der Waals surface area contributed by atoms with Crippen LogP contribution in [-0.2, 0) is 10.0 Å². The molecule has 0 saturated carbocycles. The van der Waals surface area contributed by atoms with Crippen LogP contribution < -0.4 is 4.72 Å². The van der Waals surface area contributed by atoms with Crippen LogP contribution in [0.25, 0.3) is 33.5 Å². The molecule has 0 atom stereocenters. The fourth-order valence-corrected chi connectivity index (χ4v) is 4.44. The van der Waals surface area contributed by atoms with Gasteiger partial charge in [-0.05, 0) is 29.8 Å². The summed E-state index contributed by atoms with van der Waals surface area (Å²) in [6, 6.07) is 16.1. The zero-order chi connectivity index (χ0) is 24.8. The van der Waals surface area contributed by atoms with E-state index in [1.807, 2.05) is 30.3 Å². The van der Waals surface area contributed by atoms with Crippen LogP contribution in [0.1, 0.15) is 31.3 Å². The molecule has 0 spiro atoms. The highest BCUT2D eigenvalue weighted by molar-refractivity contribution is 7.92. The van der Waals surface area contributed by atoms with Crippen LogP contribution in [0.3, 0.4) is 0 Å². The van der Waals surface area contributed by atoms with Gasteiger partial charge in [0.05, 0.1) is 17.3 Å². The fourth-order valence-electron chi connectivity index (χ4n) is 3.52. The van der Waals surface area contributed by atoms with Crippen molar-refractivity contribution in [1.82, 2.24) is 4.98 Å². The number of carbonyl (C=O) groups excluding carboxylic acids is 1. The molecule has 2 aromatic carbocycles. The van der Waals surface area contributed by atoms with Gasteiger partial charge in [-0.15, -0.1) is 0 Å². The van der Waals surface area contributed by atoms with Crippen molar-refractivity contribution in [2.45, 2.75) is 20.8 Å². The molecule has 0 bridgehead atoms. The van der Waals surface area contributed by atoms with E-state index in [0.717, 1.165) is 11.8 Å². The number of rotatable bonds is 5. The molecule has 0 amide bonds. The number of carbonyl (C=O) groups is 1. The molecule has 0 unspecified atom stereocenters. The first kappa shape index (κ1) is 24.3. The molecule has 0 fully saturated rings. The van der Waals surface area contributed by atoms with E-state index in [4.69, 9.17) is 32.6 Å². The van der Waals surface area contributed by atoms with Gasteiger partial charge in [0.1, 0.15) is 5.69 Å². The Morgan fingerprint density at radius 1 is 1.00 bits per heavy atom. The Bertz CT molecular complexity index is 1520. The zero-order valence-electron chi connectivity index (χ0n) is 18.9. The Kier molecular flexibility index (Phi) is 6.23. The van der Waals surface area contributed by atoms with Crippen molar-refractivity contribution in [1.29, 1.82) is 0 Å². The Hall–Kier alpha value is -2.87. The molecular formula is C25H22Cl2N2O4S. The molecule has 1 N–H and O–H groups in total. The number of ketones is 1. The molecule has 2 heterocycles. The van der Waals surface area contributed by atoms with E-state index >= 15 is 0 Å². The lowest BCUT2D eigenvalue weighted by atomic mass is 9.89. The maximum Gasteiger partial charge on any atom is 0.229 e. The number of nitrogens with zero attached hydrogens (tertiary/aromatic N) is 1. The average Bonchev–Trinajstić information content (AvgIpc) is 3.08. The Morgan fingerprint density at radius 3 is 2.24 bits per heavy atom. The van der Waals surface area contributed by atoms with Gasteiger partial charge in [0.2, 0.25) is 21.5 Å². The second-order valence-corrected chi connectivity index (χ2v) is 11.6. The van der Waals surface area contributed by atoms with Gasteiger partial charge in [0.15, 0.2) is 5.76 Å². The second kappa shape index (κ2) is 8.73. The molecule has 0 aliphatic heterocycles. The summed E-state index contributed by atoms with van der Waals surface area (Å²) in [5, 5.41) is 1.41. The second-order valence-electron chi connectivity index (χ2n) is 8.98. The Balaban J connectivity index is 2.10. The van der Waals surface area contributed by atoms with Crippen molar-refractivity contribution in [2.75, 3.05) is 11.0 Å². The van der Waals surface area contributed by atoms with Crippen LogP contribution in [0.4, 0.5) is 5.69 Å². The van der Waals surface area contributed by atoms with Crippen molar-refractivity contribution < 1.29 is 17.6 Å². The number of anilines is 1. The highest BCUT2D eigenvalue weighted by atomic mass is 35.5. The first-order valence-electron chi connectivity index (χ1n) is 10.4. The van der Waals surface area contributed by atoms with Gasteiger partial charge >= 0.3 is 0 Å². The number of sulfonamides is 1. The summed E-state index contributed by atoms with van der Waals surface area (Å²) in [4.78, 5) is 17.9. The number of fused-ring (bicyclic) bond motifs is 1. The molecule has 0 aliphatic rings. The summed E-state index contributed by atoms with van der Waals surface area (Å²) in [6.45, 7) is 5.19. The largest absolute Gasteiger partial charge is 0.432 e. The molecule has 0 radical (unpaired) electrons. The van der Waals surface area contributed by atoms with Crippen LogP contribution >= 0.6 is 23.2 Å². The number of Topliss-reactive ketones (excluding diaryl/α,β-unsaturated/α-hetero) is 1. The molecule has 4 aromatic rings. The minimum absolute atomic E-state index is 0.0610. The van der Waals surface area contributed by atoms with Crippen LogP contribution in [0.2, 0.25) is 10.0 Å². The van der Waals surface area contributed by atoms with E-state index in [0.29, 0.717) is 32.3 Å². The van der Waals surface area contributed by atoms with E-state index in [1.165, 1.54) is 0 Å². The van der Waals surface area contributed by atoms with Crippen molar-refractivity contribution in [3.63, 3.8) is 0 Å². The highest BCUT2D eigenvalue weighted by Gasteiger charge is 2.32. The van der Waals surface area contributed by atoms with Crippen LogP contribution in [0.5, 0.6) is 0 Å². The first-order chi connectivity index (χ1) is 15.8. The summed E-state index contributed by atoms with van der Waals surface area (Å²) in [5.74, 6) is -0.456. The van der Waals surface area contributed by atoms with E-state index in [1.54, 1.807) is 45.0 Å². The van der Waals surface area contributed by atoms with Gasteiger partial charge < -0.3 is 4.42 Å². The van der Waals surface area contributed by atoms with E-state index in [2.05, 4.69) is 4.72 Å². The summed E-state index contributed by atoms with van der Waals surface area (Å²) >= 11 is 12.6. The summed E-state index contributed by atoms with van der Waals surface area (Å²) in [6.07, 6.45) is 1.02. The standard InChI is InChI=1S/C25H22Cl2N2O4S/c1-25(2,3)23(30)22-21(29-34(4,31)32)18-13-17(14-9-11-15(26)12-10-14)20(28-24(18)33-22)16-7-5-6-8-19(16)27/h5-13,29H,1-4H3. The monoisotopic (exact) mass is 516 g/mol. The normalized spacial score (nSPS) is 12.2. The lowest BCUT2D eigenvalue weighted by Gasteiger charge is -2.15. The fraction of sp³-hybridized carbons (Fsp3) is 0.200. The predicted octanol–water partition coefficient (Wildman–Crippen LogP) is 7.07. The smallest absolute Gasteiger partial charge is 0.229 e. The molecule has 34 heavy (non-hydrogen) atoms. The molecule has 0 aliphatic carbocycles. The number of furan rings is 1.